The van der Waals surface area contributed by atoms with Crippen LogP contribution in [-0.2, 0) is 33.4 Å². The maximum atomic E-state index is 13.7. The molecule has 6 unspecified atom stereocenters. The average Bonchev–Trinajstić information content (AvgIpc) is 3.59. The number of amides is 2. The van der Waals surface area contributed by atoms with E-state index in [4.69, 9.17) is 25.4 Å². The summed E-state index contributed by atoms with van der Waals surface area (Å²) in [6, 6.07) is -1.15. The van der Waals surface area contributed by atoms with Gasteiger partial charge >= 0.3 is 12.1 Å². The quantitative estimate of drug-likeness (QED) is 0.0530. The van der Waals surface area contributed by atoms with Crippen LogP contribution in [0.2, 0.25) is 0 Å². The molecule has 288 valence electrons. The summed E-state index contributed by atoms with van der Waals surface area (Å²) in [5.74, 6) is -1.46. The molecule has 6 N–H and O–H groups in total. The molecule has 0 aromatic carbocycles. The number of nitrogens with zero attached hydrogens (tertiary/aromatic N) is 6. The number of guanidine groups is 1. The molecule has 2 saturated heterocycles. The predicted molar refractivity (Wildman–Crippen MR) is 190 cm³/mol. The Morgan fingerprint density at radius 1 is 1.17 bits per heavy atom. The number of ether oxygens (including phenoxy) is 3. The van der Waals surface area contributed by atoms with Crippen molar-refractivity contribution in [3.05, 3.63) is 17.1 Å². The third-order valence-electron chi connectivity index (χ3n) is 9.66. The van der Waals surface area contributed by atoms with E-state index < -0.39 is 54.2 Å². The fourth-order valence-electron chi connectivity index (χ4n) is 7.14. The van der Waals surface area contributed by atoms with E-state index in [1.54, 1.807) is 4.90 Å². The largest absolute Gasteiger partial charge is 0.511 e. The maximum absolute atomic E-state index is 13.7. The molecule has 5 aliphatic rings. The summed E-state index contributed by atoms with van der Waals surface area (Å²) in [7, 11) is 0. The third-order valence-corrected chi connectivity index (χ3v) is 11.5. The summed E-state index contributed by atoms with van der Waals surface area (Å²) in [5, 5.41) is 20.9. The second-order valence-electron chi connectivity index (χ2n) is 13.0. The molecule has 2 amide bonds. The Balaban J connectivity index is 1.13. The molecule has 19 nitrogen and oxygen atoms in total. The number of piperazine rings is 1. The van der Waals surface area contributed by atoms with Crippen LogP contribution in [0.3, 0.4) is 0 Å². The van der Waals surface area contributed by atoms with E-state index in [-0.39, 0.29) is 40.0 Å². The summed E-state index contributed by atoms with van der Waals surface area (Å²) in [6.45, 7) is 2.65. The van der Waals surface area contributed by atoms with E-state index in [2.05, 4.69) is 40.5 Å². The number of alkyl halides is 1. The minimum absolute atomic E-state index is 0.0209. The van der Waals surface area contributed by atoms with Gasteiger partial charge in [0.2, 0.25) is 23.8 Å². The van der Waals surface area contributed by atoms with Gasteiger partial charge in [-0.3, -0.25) is 19.9 Å². The first-order valence-electron chi connectivity index (χ1n) is 17.4. The number of β-lactam (4-membered cyclic amide) rings is 1. The van der Waals surface area contributed by atoms with Gasteiger partial charge in [-0.15, -0.1) is 11.8 Å². The van der Waals surface area contributed by atoms with Crippen molar-refractivity contribution in [1.29, 1.82) is 5.41 Å². The normalized spacial score (nSPS) is 26.5. The zero-order chi connectivity index (χ0) is 37.5. The van der Waals surface area contributed by atoms with Crippen molar-refractivity contribution in [1.82, 2.24) is 35.2 Å². The van der Waals surface area contributed by atoms with Gasteiger partial charge in [0.1, 0.15) is 23.2 Å². The minimum Gasteiger partial charge on any atom is -0.431 e. The van der Waals surface area contributed by atoms with Crippen LogP contribution in [-0.4, -0.2) is 124 Å². The molecule has 3 aliphatic heterocycles. The molecule has 4 fully saturated rings. The molecule has 1 aromatic heterocycles. The molecule has 22 heteroatoms. The van der Waals surface area contributed by atoms with Crippen LogP contribution < -0.4 is 21.8 Å². The number of fused-ring (bicyclic) bond motifs is 2. The number of hydrogen-bond acceptors (Lipinski definition) is 17. The highest BCUT2D eigenvalue weighted by atomic mass is 32.2. The molecule has 6 rings (SSSR count). The van der Waals surface area contributed by atoms with Gasteiger partial charge in [0.05, 0.1) is 6.21 Å². The number of esters is 1. The number of thioether (sulfide) groups is 1. The number of nitrogens with two attached hydrogens (primary N) is 1. The van der Waals surface area contributed by atoms with Gasteiger partial charge in [0.25, 0.3) is 18.7 Å². The lowest BCUT2D eigenvalue weighted by Gasteiger charge is -2.49. The number of oxime groups is 1. The van der Waals surface area contributed by atoms with Crippen LogP contribution in [0.4, 0.5) is 14.3 Å². The summed E-state index contributed by atoms with van der Waals surface area (Å²) in [4.78, 5) is 64.5. The second-order valence-corrected chi connectivity index (χ2v) is 14.9. The fraction of sp³-hybridized carbons (Fsp3) is 0.645. The van der Waals surface area contributed by atoms with Crippen LogP contribution in [0.25, 0.3) is 0 Å². The van der Waals surface area contributed by atoms with Gasteiger partial charge in [0.15, 0.2) is 5.13 Å². The number of rotatable bonds is 11. The van der Waals surface area contributed by atoms with Crippen LogP contribution in [0, 0.1) is 17.2 Å². The lowest BCUT2D eigenvalue weighted by Crippen LogP contribution is -2.71. The molecular weight excluding hydrogens is 738 g/mol. The Bertz CT molecular complexity index is 1650. The summed E-state index contributed by atoms with van der Waals surface area (Å²) in [6.07, 6.45) is 5.98. The van der Waals surface area contributed by atoms with Gasteiger partial charge < -0.3 is 40.3 Å². The third kappa shape index (κ3) is 9.15. The van der Waals surface area contributed by atoms with Crippen molar-refractivity contribution >= 4 is 70.3 Å². The molecule has 6 atom stereocenters. The molecular formula is C31H42FN11O8S2. The number of nitrogens with one attached hydrogen (secondary N) is 4. The monoisotopic (exact) mass is 779 g/mol. The number of anilines is 1. The Morgan fingerprint density at radius 2 is 1.94 bits per heavy atom. The van der Waals surface area contributed by atoms with Gasteiger partial charge in [-0.25, -0.2) is 19.4 Å². The van der Waals surface area contributed by atoms with E-state index in [0.717, 1.165) is 42.1 Å². The molecule has 0 bridgehead atoms. The zero-order valence-corrected chi connectivity index (χ0v) is 30.6. The lowest BCUT2D eigenvalue weighted by atomic mass is 9.70. The number of carbonyl (C=O) groups is 4. The first-order valence-corrected chi connectivity index (χ1v) is 19.2. The molecule has 0 radical (unpaired) electrons. The van der Waals surface area contributed by atoms with Crippen molar-refractivity contribution in [3.8, 4) is 0 Å². The maximum Gasteiger partial charge on any atom is 0.511 e. The van der Waals surface area contributed by atoms with E-state index in [0.29, 0.717) is 38.0 Å². The summed E-state index contributed by atoms with van der Waals surface area (Å²) < 4.78 is 33.1. The SMILES string of the molecule is CC(OC(=O)OC1CCC2CCCCC2C1)OC(=O)C1=C(C=NNC(=N)N2CCNCC2)CSC2C(NC(=O)C(=NOCF)c3nsc(N)n3)C(=O)N12. The van der Waals surface area contributed by atoms with Crippen LogP contribution in [0.15, 0.2) is 21.5 Å². The Hall–Kier alpha value is -4.57. The fourth-order valence-corrected chi connectivity index (χ4v) is 8.87. The number of nitrogen functional groups attached to an aromatic ring is 1. The molecule has 2 saturated carbocycles. The van der Waals surface area contributed by atoms with Crippen molar-refractivity contribution in [2.75, 3.05) is 44.5 Å². The van der Waals surface area contributed by atoms with Crippen molar-refractivity contribution in [2.24, 2.45) is 22.1 Å². The van der Waals surface area contributed by atoms with Crippen LogP contribution >= 0.6 is 23.3 Å². The number of carbonyl (C=O) groups excluding carboxylic acids is 4. The van der Waals surface area contributed by atoms with Gasteiger partial charge in [-0.05, 0) is 31.1 Å². The van der Waals surface area contributed by atoms with E-state index in [1.165, 1.54) is 44.2 Å². The number of hydrazone groups is 1. The lowest BCUT2D eigenvalue weighted by molar-refractivity contribution is -0.170. The van der Waals surface area contributed by atoms with E-state index in [9.17, 15) is 23.6 Å². The van der Waals surface area contributed by atoms with Crippen molar-refractivity contribution in [2.45, 2.75) is 75.7 Å². The van der Waals surface area contributed by atoms with Gasteiger partial charge in [-0.2, -0.15) is 14.5 Å². The van der Waals surface area contributed by atoms with Crippen LogP contribution in [0.5, 0.6) is 0 Å². The Labute approximate surface area is 312 Å². The number of hydrogen-bond donors (Lipinski definition) is 5. The average molecular weight is 780 g/mol. The second kappa shape index (κ2) is 17.5. The molecule has 1 aromatic rings. The minimum atomic E-state index is -1.38. The van der Waals surface area contributed by atoms with Crippen LogP contribution in [0.1, 0.15) is 57.7 Å². The smallest absolute Gasteiger partial charge is 0.431 e. The van der Waals surface area contributed by atoms with Gasteiger partial charge in [-0.1, -0.05) is 30.8 Å². The molecule has 2 aliphatic carbocycles. The highest BCUT2D eigenvalue weighted by Crippen LogP contribution is 2.42. The predicted octanol–water partition coefficient (Wildman–Crippen LogP) is 1.24. The highest BCUT2D eigenvalue weighted by molar-refractivity contribution is 8.00. The van der Waals surface area contributed by atoms with Crippen molar-refractivity contribution in [3.63, 3.8) is 0 Å². The zero-order valence-electron chi connectivity index (χ0n) is 29.0. The van der Waals surface area contributed by atoms with Gasteiger partial charge in [0, 0.05) is 56.0 Å². The topological polar surface area (TPSA) is 248 Å². The highest BCUT2D eigenvalue weighted by Gasteiger charge is 2.55. The Morgan fingerprint density at radius 3 is 2.68 bits per heavy atom. The molecule has 4 heterocycles. The van der Waals surface area contributed by atoms with Crippen molar-refractivity contribution < 1.29 is 42.6 Å². The first-order chi connectivity index (χ1) is 25.6. The first kappa shape index (κ1) is 38.2. The Kier molecular flexibility index (Phi) is 12.6. The summed E-state index contributed by atoms with van der Waals surface area (Å²) >= 11 is 1.99. The van der Waals surface area contributed by atoms with E-state index >= 15 is 0 Å². The molecule has 53 heavy (non-hydrogen) atoms. The number of aromatic nitrogens is 2. The number of halogens is 1. The standard InChI is InChI=1S/C31H42FN11O8S2/c1-16(50-31(47)51-20-7-6-17-4-2-3-5-18(17)12-20)49-28(46)23-19(13-36-39-29(33)42-10-8-35-9-11-42)14-52-27-22(26(45)43(23)27)37-25(44)21(40-48-15-32)24-38-30(34)53-41-24/h13,16-18,20,22,27,35H,2-12,14-15H2,1H3,(H2,33,39)(H,37,44)(H2,34,38,41). The van der Waals surface area contributed by atoms with E-state index in [1.807, 2.05) is 0 Å². The summed E-state index contributed by atoms with van der Waals surface area (Å²) in [5.41, 5.74) is 7.86. The molecule has 0 spiro atoms.